The lowest BCUT2D eigenvalue weighted by molar-refractivity contribution is 0.0743. The Balaban J connectivity index is 2.22. The predicted molar refractivity (Wildman–Crippen MR) is 73.3 cm³/mol. The average Bonchev–Trinajstić information content (AvgIpc) is 3.27. The van der Waals surface area contributed by atoms with Crippen LogP contribution in [0.4, 0.5) is 0 Å². The van der Waals surface area contributed by atoms with Crippen LogP contribution in [0.1, 0.15) is 42.1 Å². The molecular weight excluding hydrogens is 242 g/mol. The number of amides is 1. The van der Waals surface area contributed by atoms with Crippen molar-refractivity contribution in [3.05, 3.63) is 35.4 Å². The van der Waals surface area contributed by atoms with Crippen LogP contribution in [-0.2, 0) is 0 Å². The number of carbonyl (C=O) groups excluding carboxylic acids is 1. The van der Waals surface area contributed by atoms with Gasteiger partial charge in [0.15, 0.2) is 5.84 Å². The van der Waals surface area contributed by atoms with Crippen molar-refractivity contribution in [3.63, 3.8) is 0 Å². The highest BCUT2D eigenvalue weighted by Gasteiger charge is 2.32. The van der Waals surface area contributed by atoms with Gasteiger partial charge in [-0.1, -0.05) is 24.2 Å². The second kappa shape index (κ2) is 5.73. The van der Waals surface area contributed by atoms with Crippen LogP contribution in [0.2, 0.25) is 0 Å². The molecule has 1 fully saturated rings. The van der Waals surface area contributed by atoms with Crippen molar-refractivity contribution in [3.8, 4) is 0 Å². The fraction of sp³-hybridized carbons (Fsp3) is 0.429. The average molecular weight is 261 g/mol. The first kappa shape index (κ1) is 13.4. The molecule has 2 rings (SSSR count). The number of nitrogens with two attached hydrogens (primary N) is 1. The molecule has 1 aliphatic rings. The van der Waals surface area contributed by atoms with Crippen LogP contribution >= 0.6 is 0 Å². The first-order valence-electron chi connectivity index (χ1n) is 6.56. The van der Waals surface area contributed by atoms with Gasteiger partial charge < -0.3 is 15.8 Å². The van der Waals surface area contributed by atoms with Crippen LogP contribution in [0.5, 0.6) is 0 Å². The number of hydrogen-bond donors (Lipinski definition) is 2. The van der Waals surface area contributed by atoms with Crippen LogP contribution in [0.25, 0.3) is 0 Å². The van der Waals surface area contributed by atoms with Gasteiger partial charge >= 0.3 is 0 Å². The number of carbonyl (C=O) groups is 1. The highest BCUT2D eigenvalue weighted by molar-refractivity contribution is 6.01. The molecule has 0 aromatic heterocycles. The molecule has 1 saturated carbocycles. The van der Waals surface area contributed by atoms with E-state index in [0.29, 0.717) is 17.2 Å². The fourth-order valence-electron chi connectivity index (χ4n) is 2.11. The van der Waals surface area contributed by atoms with Crippen LogP contribution in [0.15, 0.2) is 29.4 Å². The summed E-state index contributed by atoms with van der Waals surface area (Å²) in [6, 6.07) is 7.29. The normalized spacial score (nSPS) is 15.3. The van der Waals surface area contributed by atoms with Crippen LogP contribution < -0.4 is 5.73 Å². The highest BCUT2D eigenvalue weighted by atomic mass is 16.4. The van der Waals surface area contributed by atoms with E-state index in [-0.39, 0.29) is 11.7 Å². The molecule has 1 aliphatic carbocycles. The molecule has 5 heteroatoms. The van der Waals surface area contributed by atoms with Crippen LogP contribution in [0, 0.1) is 0 Å². The van der Waals surface area contributed by atoms with Crippen LogP contribution in [0.3, 0.4) is 0 Å². The maximum atomic E-state index is 12.5. The van der Waals surface area contributed by atoms with Gasteiger partial charge in [-0.25, -0.2) is 0 Å². The van der Waals surface area contributed by atoms with Crippen molar-refractivity contribution in [1.29, 1.82) is 0 Å². The fourth-order valence-corrected chi connectivity index (χ4v) is 2.11. The lowest BCUT2D eigenvalue weighted by Gasteiger charge is -2.22. The molecular formula is C14H19N3O2. The largest absolute Gasteiger partial charge is 0.409 e. The highest BCUT2D eigenvalue weighted by Crippen LogP contribution is 2.28. The molecule has 1 aromatic carbocycles. The topological polar surface area (TPSA) is 78.9 Å². The molecule has 0 atom stereocenters. The van der Waals surface area contributed by atoms with E-state index in [1.54, 1.807) is 24.3 Å². The maximum absolute atomic E-state index is 12.5. The molecule has 0 heterocycles. The van der Waals surface area contributed by atoms with Crippen molar-refractivity contribution in [2.45, 2.75) is 32.2 Å². The van der Waals surface area contributed by atoms with E-state index in [0.717, 1.165) is 25.8 Å². The standard InChI is InChI=1S/C14H19N3O2/c1-2-8-17(12-6-7-12)14(18)11-5-3-4-10(9-11)13(15)16-19/h3-5,9,12,19H,2,6-8H2,1H3,(H2,15,16). The van der Waals surface area contributed by atoms with Crippen LogP contribution in [-0.4, -0.2) is 34.4 Å². The molecule has 0 aliphatic heterocycles. The molecule has 0 bridgehead atoms. The Labute approximate surface area is 112 Å². The van der Waals surface area contributed by atoms with Crippen molar-refractivity contribution in [2.24, 2.45) is 10.9 Å². The molecule has 19 heavy (non-hydrogen) atoms. The Kier molecular flexibility index (Phi) is 4.04. The summed E-state index contributed by atoms with van der Waals surface area (Å²) in [4.78, 5) is 14.4. The molecule has 0 saturated heterocycles. The minimum atomic E-state index is 0.0168. The van der Waals surface area contributed by atoms with E-state index in [1.165, 1.54) is 0 Å². The zero-order chi connectivity index (χ0) is 13.8. The summed E-state index contributed by atoms with van der Waals surface area (Å²) in [6.07, 6.45) is 3.12. The Hall–Kier alpha value is -2.04. The number of amidine groups is 1. The second-order valence-corrected chi connectivity index (χ2v) is 4.80. The molecule has 0 radical (unpaired) electrons. The summed E-state index contributed by atoms with van der Waals surface area (Å²) in [5.74, 6) is 0.0417. The van der Waals surface area contributed by atoms with Crippen molar-refractivity contribution >= 4 is 11.7 Å². The molecule has 102 valence electrons. The SMILES string of the molecule is CCCN(C(=O)c1cccc(/C(N)=N/O)c1)C1CC1. The van der Waals surface area contributed by atoms with Crippen molar-refractivity contribution < 1.29 is 10.0 Å². The maximum Gasteiger partial charge on any atom is 0.254 e. The Bertz CT molecular complexity index is 495. The third kappa shape index (κ3) is 3.05. The Morgan fingerprint density at radius 2 is 2.16 bits per heavy atom. The van der Waals surface area contributed by atoms with E-state index >= 15 is 0 Å². The van der Waals surface area contributed by atoms with Gasteiger partial charge in [-0.3, -0.25) is 4.79 Å². The smallest absolute Gasteiger partial charge is 0.254 e. The third-order valence-corrected chi connectivity index (χ3v) is 3.23. The summed E-state index contributed by atoms with van der Waals surface area (Å²) in [5, 5.41) is 11.6. The number of hydrogen-bond acceptors (Lipinski definition) is 3. The summed E-state index contributed by atoms with van der Waals surface area (Å²) in [7, 11) is 0. The number of benzene rings is 1. The summed E-state index contributed by atoms with van der Waals surface area (Å²) < 4.78 is 0. The van der Waals surface area contributed by atoms with E-state index in [9.17, 15) is 4.79 Å². The molecule has 5 nitrogen and oxygen atoms in total. The quantitative estimate of drug-likeness (QED) is 0.367. The zero-order valence-corrected chi connectivity index (χ0v) is 11.0. The predicted octanol–water partition coefficient (Wildman–Crippen LogP) is 1.80. The van der Waals surface area contributed by atoms with E-state index in [1.807, 2.05) is 4.90 Å². The Morgan fingerprint density at radius 3 is 2.74 bits per heavy atom. The number of oxime groups is 1. The molecule has 0 spiro atoms. The lowest BCUT2D eigenvalue weighted by atomic mass is 10.1. The number of nitrogens with zero attached hydrogens (tertiary/aromatic N) is 2. The second-order valence-electron chi connectivity index (χ2n) is 4.80. The minimum absolute atomic E-state index is 0.0168. The monoisotopic (exact) mass is 261 g/mol. The van der Waals surface area contributed by atoms with Gasteiger partial charge in [0.05, 0.1) is 0 Å². The van der Waals surface area contributed by atoms with Gasteiger partial charge in [0.25, 0.3) is 5.91 Å². The van der Waals surface area contributed by atoms with Gasteiger partial charge in [-0.05, 0) is 31.4 Å². The summed E-state index contributed by atoms with van der Waals surface area (Å²) in [5.41, 5.74) is 6.69. The van der Waals surface area contributed by atoms with Gasteiger partial charge in [0, 0.05) is 23.7 Å². The van der Waals surface area contributed by atoms with Crippen molar-refractivity contribution in [1.82, 2.24) is 4.90 Å². The first-order valence-corrected chi connectivity index (χ1v) is 6.56. The van der Waals surface area contributed by atoms with E-state index in [2.05, 4.69) is 12.1 Å². The van der Waals surface area contributed by atoms with Gasteiger partial charge in [-0.15, -0.1) is 0 Å². The van der Waals surface area contributed by atoms with E-state index < -0.39 is 0 Å². The van der Waals surface area contributed by atoms with Crippen molar-refractivity contribution in [2.75, 3.05) is 6.54 Å². The minimum Gasteiger partial charge on any atom is -0.409 e. The lowest BCUT2D eigenvalue weighted by Crippen LogP contribution is -2.34. The number of rotatable bonds is 5. The van der Waals surface area contributed by atoms with Gasteiger partial charge in [0.1, 0.15) is 0 Å². The van der Waals surface area contributed by atoms with Gasteiger partial charge in [-0.2, -0.15) is 0 Å². The molecule has 1 amide bonds. The summed E-state index contributed by atoms with van der Waals surface area (Å²) >= 11 is 0. The third-order valence-electron chi connectivity index (χ3n) is 3.23. The molecule has 0 unspecified atom stereocenters. The molecule has 1 aromatic rings. The van der Waals surface area contributed by atoms with E-state index in [4.69, 9.17) is 10.9 Å². The molecule has 3 N–H and O–H groups in total. The van der Waals surface area contributed by atoms with Gasteiger partial charge in [0.2, 0.25) is 0 Å². The summed E-state index contributed by atoms with van der Waals surface area (Å²) in [6.45, 7) is 2.84. The Morgan fingerprint density at radius 1 is 1.47 bits per heavy atom. The zero-order valence-electron chi connectivity index (χ0n) is 11.0. The first-order chi connectivity index (χ1) is 9.17.